The minimum absolute atomic E-state index is 0.198. The van der Waals surface area contributed by atoms with Gasteiger partial charge < -0.3 is 4.42 Å². The number of nitrogens with zero attached hydrogens (tertiary/aromatic N) is 1. The number of hydrogen-bond donors (Lipinski definition) is 0. The highest BCUT2D eigenvalue weighted by Gasteiger charge is 2.15. The topological polar surface area (TPSA) is 16.4 Å². The molecule has 2 heterocycles. The molecule has 3 rings (SSSR count). The summed E-state index contributed by atoms with van der Waals surface area (Å²) in [5.41, 5.74) is 1.87. The fourth-order valence-electron chi connectivity index (χ4n) is 2.36. The Labute approximate surface area is 93.7 Å². The number of hydrogen-bond acceptors (Lipinski definition) is 2. The number of furan rings is 1. The molecule has 1 aliphatic heterocycles. The van der Waals surface area contributed by atoms with Crippen LogP contribution in [-0.4, -0.2) is 18.0 Å². The van der Waals surface area contributed by atoms with Crippen molar-refractivity contribution in [2.45, 2.75) is 19.4 Å². The van der Waals surface area contributed by atoms with Crippen LogP contribution in [0.3, 0.4) is 0 Å². The van der Waals surface area contributed by atoms with Gasteiger partial charge in [0.05, 0.1) is 6.26 Å². The average molecular weight is 219 g/mol. The van der Waals surface area contributed by atoms with E-state index in [1.807, 2.05) is 0 Å². The first-order valence-electron chi connectivity index (χ1n) is 5.71. The minimum atomic E-state index is -0.198. The zero-order valence-electron chi connectivity index (χ0n) is 9.08. The van der Waals surface area contributed by atoms with Crippen LogP contribution < -0.4 is 0 Å². The average Bonchev–Trinajstić information content (AvgIpc) is 2.90. The highest BCUT2D eigenvalue weighted by molar-refractivity contribution is 5.80. The summed E-state index contributed by atoms with van der Waals surface area (Å²) in [6.07, 6.45) is 4.29. The highest BCUT2D eigenvalue weighted by Crippen LogP contribution is 2.24. The van der Waals surface area contributed by atoms with Crippen LogP contribution in [-0.2, 0) is 6.54 Å². The molecule has 2 nitrogen and oxygen atoms in total. The van der Waals surface area contributed by atoms with Gasteiger partial charge in [0.1, 0.15) is 11.4 Å². The van der Waals surface area contributed by atoms with Gasteiger partial charge in [-0.3, -0.25) is 4.90 Å². The van der Waals surface area contributed by atoms with Crippen LogP contribution in [0.2, 0.25) is 0 Å². The quantitative estimate of drug-likeness (QED) is 0.771. The molecule has 0 amide bonds. The summed E-state index contributed by atoms with van der Waals surface area (Å²) in [6, 6.07) is 4.69. The molecule has 16 heavy (non-hydrogen) atoms. The summed E-state index contributed by atoms with van der Waals surface area (Å²) in [4.78, 5) is 2.38. The Morgan fingerprint density at radius 2 is 2.06 bits per heavy atom. The molecule has 0 unspecified atom stereocenters. The molecule has 0 spiro atoms. The summed E-state index contributed by atoms with van der Waals surface area (Å²) in [6.45, 7) is 3.15. The second kappa shape index (κ2) is 3.91. The van der Waals surface area contributed by atoms with Crippen LogP contribution in [0.4, 0.5) is 4.39 Å². The molecule has 1 saturated heterocycles. The molecular weight excluding hydrogens is 205 g/mol. The van der Waals surface area contributed by atoms with Gasteiger partial charge in [-0.2, -0.15) is 0 Å². The van der Waals surface area contributed by atoms with Crippen molar-refractivity contribution in [2.75, 3.05) is 13.1 Å². The van der Waals surface area contributed by atoms with Gasteiger partial charge in [-0.25, -0.2) is 4.39 Å². The van der Waals surface area contributed by atoms with Crippen molar-refractivity contribution in [3.63, 3.8) is 0 Å². The van der Waals surface area contributed by atoms with Crippen molar-refractivity contribution in [3.05, 3.63) is 35.8 Å². The van der Waals surface area contributed by atoms with Gasteiger partial charge in [-0.1, -0.05) is 0 Å². The van der Waals surface area contributed by atoms with Crippen molar-refractivity contribution in [1.29, 1.82) is 0 Å². The highest BCUT2D eigenvalue weighted by atomic mass is 19.1. The molecule has 1 aromatic carbocycles. The summed E-state index contributed by atoms with van der Waals surface area (Å²) in [5.74, 6) is -0.198. The lowest BCUT2D eigenvalue weighted by Gasteiger charge is -2.12. The van der Waals surface area contributed by atoms with Gasteiger partial charge in [0, 0.05) is 17.5 Å². The van der Waals surface area contributed by atoms with Crippen molar-refractivity contribution >= 4 is 11.0 Å². The van der Waals surface area contributed by atoms with E-state index in [2.05, 4.69) is 4.90 Å². The van der Waals surface area contributed by atoms with Crippen LogP contribution in [0.1, 0.15) is 18.4 Å². The third-order valence-electron chi connectivity index (χ3n) is 3.21. The monoisotopic (exact) mass is 219 g/mol. The summed E-state index contributed by atoms with van der Waals surface area (Å²) < 4.78 is 18.6. The second-order valence-corrected chi connectivity index (χ2v) is 4.38. The number of halogens is 1. The van der Waals surface area contributed by atoms with Gasteiger partial charge in [-0.15, -0.1) is 0 Å². The maximum absolute atomic E-state index is 13.2. The van der Waals surface area contributed by atoms with Crippen molar-refractivity contribution in [3.8, 4) is 0 Å². The fraction of sp³-hybridized carbons (Fsp3) is 0.385. The largest absolute Gasteiger partial charge is 0.464 e. The predicted octanol–water partition coefficient (Wildman–Crippen LogP) is 3.17. The molecular formula is C13H14FNO. The Morgan fingerprint density at radius 1 is 1.25 bits per heavy atom. The summed E-state index contributed by atoms with van der Waals surface area (Å²) in [7, 11) is 0. The fourth-order valence-corrected chi connectivity index (χ4v) is 2.36. The Bertz CT molecular complexity index is 500. The first-order chi connectivity index (χ1) is 7.83. The molecule has 0 atom stereocenters. The van der Waals surface area contributed by atoms with Gasteiger partial charge >= 0.3 is 0 Å². The molecule has 1 aliphatic rings. The number of benzene rings is 1. The van der Waals surface area contributed by atoms with Gasteiger partial charge in [-0.05, 0) is 44.1 Å². The van der Waals surface area contributed by atoms with Gasteiger partial charge in [0.2, 0.25) is 0 Å². The van der Waals surface area contributed by atoms with E-state index in [4.69, 9.17) is 4.42 Å². The molecule has 0 radical (unpaired) electrons. The lowest BCUT2D eigenvalue weighted by molar-refractivity contribution is 0.331. The zero-order valence-corrected chi connectivity index (χ0v) is 9.08. The Balaban J connectivity index is 1.93. The number of rotatable bonds is 2. The molecule has 1 aromatic heterocycles. The molecule has 0 bridgehead atoms. The van der Waals surface area contributed by atoms with Crippen molar-refractivity contribution in [2.24, 2.45) is 0 Å². The first-order valence-corrected chi connectivity index (χ1v) is 5.71. The zero-order chi connectivity index (χ0) is 11.0. The van der Waals surface area contributed by atoms with Crippen LogP contribution in [0.25, 0.3) is 11.0 Å². The van der Waals surface area contributed by atoms with Crippen LogP contribution in [0.15, 0.2) is 28.9 Å². The van der Waals surface area contributed by atoms with Gasteiger partial charge in [0.25, 0.3) is 0 Å². The second-order valence-electron chi connectivity index (χ2n) is 4.38. The van der Waals surface area contributed by atoms with Crippen LogP contribution in [0, 0.1) is 5.82 Å². The van der Waals surface area contributed by atoms with Crippen LogP contribution >= 0.6 is 0 Å². The summed E-state index contributed by atoms with van der Waals surface area (Å²) >= 11 is 0. The molecule has 84 valence electrons. The lowest BCUT2D eigenvalue weighted by Crippen LogP contribution is -2.17. The Kier molecular flexibility index (Phi) is 2.40. The lowest BCUT2D eigenvalue weighted by atomic mass is 10.1. The minimum Gasteiger partial charge on any atom is -0.464 e. The van der Waals surface area contributed by atoms with E-state index >= 15 is 0 Å². The molecule has 3 heteroatoms. The molecule has 0 aliphatic carbocycles. The third-order valence-corrected chi connectivity index (χ3v) is 3.21. The third kappa shape index (κ3) is 1.71. The standard InChI is InChI=1S/C13H14FNO/c14-11-3-4-13-12(7-11)10(9-16-13)8-15-5-1-2-6-15/h3-4,7,9H,1-2,5-6,8H2. The van der Waals surface area contributed by atoms with E-state index in [-0.39, 0.29) is 5.82 Å². The van der Waals surface area contributed by atoms with E-state index in [9.17, 15) is 4.39 Å². The van der Waals surface area contributed by atoms with E-state index in [0.717, 1.165) is 36.2 Å². The molecule has 0 saturated carbocycles. The molecule has 0 N–H and O–H groups in total. The number of fused-ring (bicyclic) bond motifs is 1. The first kappa shape index (κ1) is 9.85. The SMILES string of the molecule is Fc1ccc2occ(CN3CCCC3)c2c1. The Morgan fingerprint density at radius 3 is 2.88 bits per heavy atom. The van der Waals surface area contributed by atoms with E-state index < -0.39 is 0 Å². The maximum Gasteiger partial charge on any atom is 0.134 e. The number of likely N-dealkylation sites (tertiary alicyclic amines) is 1. The van der Waals surface area contributed by atoms with E-state index in [0.29, 0.717) is 0 Å². The maximum atomic E-state index is 13.2. The van der Waals surface area contributed by atoms with E-state index in [1.165, 1.54) is 18.9 Å². The van der Waals surface area contributed by atoms with Gasteiger partial charge in [0.15, 0.2) is 0 Å². The summed E-state index contributed by atoms with van der Waals surface area (Å²) in [5, 5.41) is 0.909. The Hall–Kier alpha value is -1.35. The van der Waals surface area contributed by atoms with Crippen LogP contribution in [0.5, 0.6) is 0 Å². The molecule has 2 aromatic rings. The van der Waals surface area contributed by atoms with Crippen molar-refractivity contribution in [1.82, 2.24) is 4.90 Å². The van der Waals surface area contributed by atoms with Crippen molar-refractivity contribution < 1.29 is 8.81 Å². The normalized spacial score (nSPS) is 17.3. The van der Waals surface area contributed by atoms with E-state index in [1.54, 1.807) is 18.4 Å². The molecule has 1 fully saturated rings. The predicted molar refractivity (Wildman–Crippen MR) is 60.7 cm³/mol. The smallest absolute Gasteiger partial charge is 0.134 e.